The second-order valence-electron chi connectivity index (χ2n) is 18.5. The standard InChI is InChI=1S/C56H60Cl2N8O8/c1-37-41(31-73-51-23-49(43(21-47(51)57)27-61-55(3,33-67)34-68)71-29-39-13-15-53(59-25-39)65-19-7-17-63-65)9-5-11-45(37)46-12-6-10-42(38(46)2)32-74-52-24-50(44(22-48(52)58)28-62-56(4,35-69)36-70)72-30-40-14-16-54(60-26-40)66-20-8-18-64-66/h5-26,61-62,67-70H,27-36H2,1-4H3. The minimum absolute atomic E-state index is 0.203. The van der Waals surface area contributed by atoms with Gasteiger partial charge in [0.15, 0.2) is 11.6 Å². The third kappa shape index (κ3) is 13.1. The van der Waals surface area contributed by atoms with Crippen LogP contribution in [0, 0.1) is 13.8 Å². The van der Waals surface area contributed by atoms with E-state index in [4.69, 9.17) is 42.1 Å². The van der Waals surface area contributed by atoms with Crippen molar-refractivity contribution in [2.75, 3.05) is 26.4 Å². The molecule has 6 N–H and O–H groups in total. The molecule has 386 valence electrons. The zero-order valence-electron chi connectivity index (χ0n) is 41.6. The number of pyridine rings is 2. The summed E-state index contributed by atoms with van der Waals surface area (Å²) in [6.07, 6.45) is 10.5. The van der Waals surface area contributed by atoms with Crippen molar-refractivity contribution < 1.29 is 39.4 Å². The Hall–Kier alpha value is -6.86. The van der Waals surface area contributed by atoms with E-state index in [2.05, 4.69) is 56.8 Å². The molecule has 16 nitrogen and oxygen atoms in total. The second-order valence-corrected chi connectivity index (χ2v) is 19.3. The van der Waals surface area contributed by atoms with Crippen molar-refractivity contribution in [3.63, 3.8) is 0 Å². The third-order valence-corrected chi connectivity index (χ3v) is 13.5. The van der Waals surface area contributed by atoms with Crippen molar-refractivity contribution in [1.29, 1.82) is 0 Å². The highest BCUT2D eigenvalue weighted by atomic mass is 35.5. The lowest BCUT2D eigenvalue weighted by Gasteiger charge is -2.27. The van der Waals surface area contributed by atoms with Gasteiger partial charge in [0.05, 0.1) is 47.6 Å². The van der Waals surface area contributed by atoms with Crippen LogP contribution in [0.3, 0.4) is 0 Å². The molecule has 0 aliphatic carbocycles. The van der Waals surface area contributed by atoms with E-state index >= 15 is 0 Å². The number of halogens is 2. The molecule has 18 heteroatoms. The zero-order valence-corrected chi connectivity index (χ0v) is 43.1. The summed E-state index contributed by atoms with van der Waals surface area (Å²) >= 11 is 13.8. The van der Waals surface area contributed by atoms with E-state index < -0.39 is 11.1 Å². The predicted molar refractivity (Wildman–Crippen MR) is 283 cm³/mol. The summed E-state index contributed by atoms with van der Waals surface area (Å²) in [6, 6.07) is 30.5. The van der Waals surface area contributed by atoms with Gasteiger partial charge in [-0.25, -0.2) is 19.3 Å². The maximum absolute atomic E-state index is 9.96. The Balaban J connectivity index is 0.978. The first-order valence-corrected chi connectivity index (χ1v) is 24.7. The van der Waals surface area contributed by atoms with Gasteiger partial charge in [-0.3, -0.25) is 0 Å². The number of aromatic nitrogens is 6. The van der Waals surface area contributed by atoms with Crippen molar-refractivity contribution in [3.8, 4) is 45.8 Å². The Morgan fingerprint density at radius 1 is 0.500 bits per heavy atom. The maximum Gasteiger partial charge on any atom is 0.153 e. The Bertz CT molecular complexity index is 2890. The minimum Gasteiger partial charge on any atom is -0.488 e. The highest BCUT2D eigenvalue weighted by Gasteiger charge is 2.25. The molecule has 74 heavy (non-hydrogen) atoms. The largest absolute Gasteiger partial charge is 0.488 e. The highest BCUT2D eigenvalue weighted by molar-refractivity contribution is 6.32. The van der Waals surface area contributed by atoms with Gasteiger partial charge < -0.3 is 50.0 Å². The number of benzene rings is 4. The minimum atomic E-state index is -0.932. The molecular weight excluding hydrogens is 984 g/mol. The molecule has 0 radical (unpaired) electrons. The lowest BCUT2D eigenvalue weighted by Crippen LogP contribution is -2.48. The number of nitrogens with zero attached hydrogens (tertiary/aromatic N) is 6. The number of ether oxygens (including phenoxy) is 4. The Labute approximate surface area is 440 Å². The molecule has 0 bridgehead atoms. The molecule has 4 aromatic heterocycles. The van der Waals surface area contributed by atoms with E-state index in [0.717, 1.165) is 44.5 Å². The summed E-state index contributed by atoms with van der Waals surface area (Å²) in [4.78, 5) is 9.06. The topological polar surface area (TPSA) is 203 Å². The summed E-state index contributed by atoms with van der Waals surface area (Å²) in [5.74, 6) is 3.23. The van der Waals surface area contributed by atoms with Gasteiger partial charge in [0, 0.05) is 84.7 Å². The Kier molecular flexibility index (Phi) is 17.7. The maximum atomic E-state index is 9.96. The molecule has 0 aliphatic heterocycles. The molecule has 8 aromatic rings. The summed E-state index contributed by atoms with van der Waals surface area (Å²) in [6.45, 7) is 7.82. The van der Waals surface area contributed by atoms with Gasteiger partial charge in [-0.15, -0.1) is 0 Å². The molecule has 0 unspecified atom stereocenters. The van der Waals surface area contributed by atoms with Crippen molar-refractivity contribution in [2.24, 2.45) is 0 Å². The van der Waals surface area contributed by atoms with E-state index in [0.29, 0.717) is 55.8 Å². The molecule has 0 atom stereocenters. The van der Waals surface area contributed by atoms with Gasteiger partial charge in [0.2, 0.25) is 0 Å². The summed E-state index contributed by atoms with van der Waals surface area (Å²) in [5.41, 5.74) is 7.24. The van der Waals surface area contributed by atoms with Gasteiger partial charge >= 0.3 is 0 Å². The van der Waals surface area contributed by atoms with E-state index in [9.17, 15) is 20.4 Å². The first-order chi connectivity index (χ1) is 35.8. The molecular formula is C56H60Cl2N8O8. The van der Waals surface area contributed by atoms with Crippen LogP contribution >= 0.6 is 23.2 Å². The average molecular weight is 1040 g/mol. The highest BCUT2D eigenvalue weighted by Crippen LogP contribution is 2.38. The summed E-state index contributed by atoms with van der Waals surface area (Å²) in [5, 5.41) is 55.5. The van der Waals surface area contributed by atoms with Gasteiger partial charge in [-0.2, -0.15) is 10.2 Å². The Morgan fingerprint density at radius 2 is 0.905 bits per heavy atom. The van der Waals surface area contributed by atoms with E-state index in [1.54, 1.807) is 72.3 Å². The number of aliphatic hydroxyl groups excluding tert-OH is 4. The van der Waals surface area contributed by atoms with Crippen molar-refractivity contribution in [3.05, 3.63) is 189 Å². The van der Waals surface area contributed by atoms with Crippen LogP contribution in [0.1, 0.15) is 58.4 Å². The summed E-state index contributed by atoms with van der Waals surface area (Å²) in [7, 11) is 0. The number of nitrogens with one attached hydrogen (secondary N) is 2. The van der Waals surface area contributed by atoms with Crippen LogP contribution in [-0.4, -0.2) is 87.5 Å². The van der Waals surface area contributed by atoms with Crippen molar-refractivity contribution >= 4 is 23.2 Å². The molecule has 4 heterocycles. The average Bonchev–Trinajstić information content (AvgIpc) is 4.18. The van der Waals surface area contributed by atoms with Gasteiger partial charge in [-0.05, 0) is 97.5 Å². The summed E-state index contributed by atoms with van der Waals surface area (Å²) < 4.78 is 29.0. The van der Waals surface area contributed by atoms with Crippen LogP contribution in [0.25, 0.3) is 22.8 Å². The number of hydrogen-bond acceptors (Lipinski definition) is 14. The van der Waals surface area contributed by atoms with Crippen LogP contribution in [0.15, 0.2) is 134 Å². The van der Waals surface area contributed by atoms with Gasteiger partial charge in [0.1, 0.15) is 49.4 Å². The monoisotopic (exact) mass is 1040 g/mol. The number of rotatable bonds is 25. The quantitative estimate of drug-likeness (QED) is 0.0318. The molecule has 4 aromatic carbocycles. The molecule has 8 rings (SSSR count). The van der Waals surface area contributed by atoms with Crippen LogP contribution in [0.4, 0.5) is 0 Å². The van der Waals surface area contributed by atoms with Crippen LogP contribution in [0.2, 0.25) is 10.0 Å². The number of aliphatic hydroxyl groups is 4. The SMILES string of the molecule is Cc1c(COc2cc(OCc3ccc(-n4cccn4)nc3)c(CNC(C)(CO)CO)cc2Cl)cccc1-c1cccc(COc2cc(OCc3ccc(-n4cccn4)nc3)c(CNC(C)(CO)CO)cc2Cl)c1C. The molecule has 0 fully saturated rings. The Morgan fingerprint density at radius 3 is 1.26 bits per heavy atom. The normalized spacial score (nSPS) is 11.8. The predicted octanol–water partition coefficient (Wildman–Crippen LogP) is 8.42. The fourth-order valence-electron chi connectivity index (χ4n) is 7.84. The lowest BCUT2D eigenvalue weighted by atomic mass is 9.92. The fraction of sp³-hybridized carbons (Fsp3) is 0.286. The molecule has 0 saturated carbocycles. The van der Waals surface area contributed by atoms with Crippen LogP contribution < -0.4 is 29.6 Å². The lowest BCUT2D eigenvalue weighted by molar-refractivity contribution is 0.102. The molecule has 0 saturated heterocycles. The molecule has 0 amide bonds. The van der Waals surface area contributed by atoms with E-state index in [1.165, 1.54) is 0 Å². The number of hydrogen-bond donors (Lipinski definition) is 6. The van der Waals surface area contributed by atoms with E-state index in [1.807, 2.05) is 73.1 Å². The first-order valence-electron chi connectivity index (χ1n) is 24.0. The van der Waals surface area contributed by atoms with E-state index in [-0.39, 0.29) is 65.9 Å². The third-order valence-electron chi connectivity index (χ3n) is 12.9. The fourth-order valence-corrected chi connectivity index (χ4v) is 8.32. The van der Waals surface area contributed by atoms with Crippen molar-refractivity contribution in [2.45, 2.75) is 78.3 Å². The molecule has 0 spiro atoms. The zero-order chi connectivity index (χ0) is 52.2. The molecule has 0 aliphatic rings. The van der Waals surface area contributed by atoms with Gasteiger partial charge in [0.25, 0.3) is 0 Å². The van der Waals surface area contributed by atoms with Crippen LogP contribution in [-0.2, 0) is 39.5 Å². The first kappa shape index (κ1) is 53.4. The second kappa shape index (κ2) is 24.4. The van der Waals surface area contributed by atoms with Crippen LogP contribution in [0.5, 0.6) is 23.0 Å². The smallest absolute Gasteiger partial charge is 0.153 e. The van der Waals surface area contributed by atoms with Crippen molar-refractivity contribution in [1.82, 2.24) is 40.2 Å². The van der Waals surface area contributed by atoms with Gasteiger partial charge in [-0.1, -0.05) is 71.7 Å².